The van der Waals surface area contributed by atoms with E-state index in [1.54, 1.807) is 28.4 Å². The zero-order valence-corrected chi connectivity index (χ0v) is 22.2. The van der Waals surface area contributed by atoms with Gasteiger partial charge in [-0.2, -0.15) is 0 Å². The van der Waals surface area contributed by atoms with Crippen molar-refractivity contribution in [1.29, 1.82) is 0 Å². The molecule has 196 valence electrons. The van der Waals surface area contributed by atoms with E-state index in [4.69, 9.17) is 14.7 Å². The van der Waals surface area contributed by atoms with Gasteiger partial charge in [-0.3, -0.25) is 4.99 Å². The molecule has 1 aromatic heterocycles. The summed E-state index contributed by atoms with van der Waals surface area (Å²) in [5.74, 6) is 0.991. The highest BCUT2D eigenvalue weighted by Crippen LogP contribution is 2.40. The van der Waals surface area contributed by atoms with Gasteiger partial charge in [-0.15, -0.1) is 11.3 Å². The number of nitrogens with one attached hydrogen (secondary N) is 1. The number of thiazole rings is 1. The van der Waals surface area contributed by atoms with E-state index in [1.165, 1.54) is 38.2 Å². The number of allylic oxidation sites excluding steroid dienone is 2. The van der Waals surface area contributed by atoms with Crippen LogP contribution in [0.25, 0.3) is 16.8 Å². The van der Waals surface area contributed by atoms with E-state index in [1.807, 2.05) is 19.2 Å². The van der Waals surface area contributed by atoms with Gasteiger partial charge in [0.2, 0.25) is 0 Å². The lowest BCUT2D eigenvalue weighted by atomic mass is 9.96. The molecule has 1 aliphatic carbocycles. The average Bonchev–Trinajstić information content (AvgIpc) is 3.24. The molecule has 8 heteroatoms. The van der Waals surface area contributed by atoms with Crippen LogP contribution in [0.3, 0.4) is 0 Å². The van der Waals surface area contributed by atoms with Crippen LogP contribution in [0.4, 0.5) is 9.18 Å². The lowest BCUT2D eigenvalue weighted by Gasteiger charge is -2.30. The quantitative estimate of drug-likeness (QED) is 0.464. The number of piperidine rings is 1. The summed E-state index contributed by atoms with van der Waals surface area (Å²) >= 11 is 1.68. The molecule has 3 heterocycles. The minimum absolute atomic E-state index is 0.242. The van der Waals surface area contributed by atoms with Crippen molar-refractivity contribution in [2.24, 2.45) is 4.99 Å². The molecule has 0 atom stereocenters. The van der Waals surface area contributed by atoms with Gasteiger partial charge in [0, 0.05) is 37.2 Å². The number of benzene rings is 1. The molecule has 0 spiro atoms. The number of ether oxygens (including phenoxy) is 1. The largest absolute Gasteiger partial charge is 0.450 e. The SMILES string of the molecule is CCOC(=O)N1CCC(c2nc(-c3cccc(F)c3)c(C3=CCC(=NC4CCCCC4)NC=C3)s2)CC1. The molecule has 1 saturated heterocycles. The Kier molecular flexibility index (Phi) is 8.34. The van der Waals surface area contributed by atoms with Crippen LogP contribution < -0.4 is 5.32 Å². The highest BCUT2D eigenvalue weighted by Gasteiger charge is 2.28. The third-order valence-corrected chi connectivity index (χ3v) is 8.58. The summed E-state index contributed by atoms with van der Waals surface area (Å²) in [5, 5.41) is 4.43. The van der Waals surface area contributed by atoms with Crippen molar-refractivity contribution in [1.82, 2.24) is 15.2 Å². The molecule has 6 nitrogen and oxygen atoms in total. The monoisotopic (exact) mass is 522 g/mol. The molecule has 1 aromatic carbocycles. The third-order valence-electron chi connectivity index (χ3n) is 7.32. The molecule has 1 amide bonds. The highest BCUT2D eigenvalue weighted by atomic mass is 32.1. The second-order valence-electron chi connectivity index (χ2n) is 9.91. The number of halogens is 1. The molecule has 1 saturated carbocycles. The van der Waals surface area contributed by atoms with E-state index < -0.39 is 0 Å². The fourth-order valence-electron chi connectivity index (χ4n) is 5.31. The molecule has 5 rings (SSSR count). The molecule has 2 aromatic rings. The minimum atomic E-state index is -0.269. The fourth-order valence-corrected chi connectivity index (χ4v) is 6.59. The average molecular weight is 523 g/mol. The highest BCUT2D eigenvalue weighted by molar-refractivity contribution is 7.13. The summed E-state index contributed by atoms with van der Waals surface area (Å²) in [5.41, 5.74) is 2.67. The van der Waals surface area contributed by atoms with Crippen molar-refractivity contribution >= 4 is 28.8 Å². The summed E-state index contributed by atoms with van der Waals surface area (Å²) in [6.45, 7) is 3.52. The lowest BCUT2D eigenvalue weighted by Crippen LogP contribution is -2.38. The van der Waals surface area contributed by atoms with E-state index in [2.05, 4.69) is 17.5 Å². The maximum Gasteiger partial charge on any atom is 0.409 e. The van der Waals surface area contributed by atoms with Gasteiger partial charge < -0.3 is 15.0 Å². The van der Waals surface area contributed by atoms with E-state index in [0.29, 0.717) is 25.7 Å². The molecule has 0 bridgehead atoms. The predicted molar refractivity (Wildman–Crippen MR) is 147 cm³/mol. The molecule has 2 fully saturated rings. The van der Waals surface area contributed by atoms with Crippen molar-refractivity contribution < 1.29 is 13.9 Å². The summed E-state index contributed by atoms with van der Waals surface area (Å²) in [7, 11) is 0. The summed E-state index contributed by atoms with van der Waals surface area (Å²) in [6, 6.07) is 7.09. The smallest absolute Gasteiger partial charge is 0.409 e. The Morgan fingerprint density at radius 3 is 2.78 bits per heavy atom. The Bertz CT molecular complexity index is 1190. The van der Waals surface area contributed by atoms with Crippen molar-refractivity contribution in [3.63, 3.8) is 0 Å². The van der Waals surface area contributed by atoms with Crippen LogP contribution >= 0.6 is 11.3 Å². The number of hydrogen-bond donors (Lipinski definition) is 1. The molecular weight excluding hydrogens is 487 g/mol. The van der Waals surface area contributed by atoms with Crippen LogP contribution in [0, 0.1) is 5.82 Å². The van der Waals surface area contributed by atoms with Gasteiger partial charge in [0.15, 0.2) is 0 Å². The number of amides is 1. The Morgan fingerprint density at radius 1 is 1.22 bits per heavy atom. The number of hydrogen-bond acceptors (Lipinski definition) is 5. The first-order valence-electron chi connectivity index (χ1n) is 13.5. The molecule has 37 heavy (non-hydrogen) atoms. The Balaban J connectivity index is 1.40. The van der Waals surface area contributed by atoms with Crippen molar-refractivity contribution in [3.05, 3.63) is 58.3 Å². The first-order chi connectivity index (χ1) is 18.1. The zero-order valence-electron chi connectivity index (χ0n) is 21.4. The van der Waals surface area contributed by atoms with Crippen LogP contribution in [-0.2, 0) is 4.74 Å². The van der Waals surface area contributed by atoms with Crippen LogP contribution in [0.5, 0.6) is 0 Å². The molecule has 0 radical (unpaired) electrons. The topological polar surface area (TPSA) is 66.8 Å². The van der Waals surface area contributed by atoms with Crippen LogP contribution in [0.15, 0.2) is 47.6 Å². The number of rotatable bonds is 5. The minimum Gasteiger partial charge on any atom is -0.450 e. The second-order valence-corrected chi connectivity index (χ2v) is 10.9. The molecule has 1 N–H and O–H groups in total. The van der Waals surface area contributed by atoms with Crippen LogP contribution in [-0.4, -0.2) is 47.6 Å². The van der Waals surface area contributed by atoms with E-state index in [-0.39, 0.29) is 17.8 Å². The maximum atomic E-state index is 14.2. The first kappa shape index (κ1) is 25.6. The van der Waals surface area contributed by atoms with Crippen LogP contribution in [0.2, 0.25) is 0 Å². The predicted octanol–water partition coefficient (Wildman–Crippen LogP) is 6.91. The second kappa shape index (κ2) is 12.0. The normalized spacial score (nSPS) is 20.4. The summed E-state index contributed by atoms with van der Waals surface area (Å²) in [6.07, 6.45) is 14.6. The fraction of sp³-hybridized carbons (Fsp3) is 0.483. The van der Waals surface area contributed by atoms with E-state index >= 15 is 0 Å². The van der Waals surface area contributed by atoms with E-state index in [9.17, 15) is 9.18 Å². The number of aromatic nitrogens is 1. The zero-order chi connectivity index (χ0) is 25.6. The van der Waals surface area contributed by atoms with Gasteiger partial charge in [-0.1, -0.05) is 37.5 Å². The van der Waals surface area contributed by atoms with Gasteiger partial charge in [-0.05, 0) is 56.4 Å². The lowest BCUT2D eigenvalue weighted by molar-refractivity contribution is 0.0970. The van der Waals surface area contributed by atoms with Gasteiger partial charge in [0.1, 0.15) is 11.7 Å². The van der Waals surface area contributed by atoms with Gasteiger partial charge >= 0.3 is 6.09 Å². The Morgan fingerprint density at radius 2 is 2.03 bits per heavy atom. The van der Waals surface area contributed by atoms with Crippen molar-refractivity contribution in [3.8, 4) is 11.3 Å². The van der Waals surface area contributed by atoms with Gasteiger partial charge in [-0.25, -0.2) is 14.2 Å². The number of amidine groups is 1. The molecule has 3 aliphatic rings. The standard InChI is InChI=1S/C29H35FN4O2S/c1-2-36-29(35)34-17-14-21(15-18-34)28-33-26(22-7-6-8-23(30)19-22)27(37-28)20-11-12-25(31-16-13-20)32-24-9-4-3-5-10-24/h6-8,11,13,16,19,21,24H,2-5,9-10,12,14-15,17-18H2,1H3,(H,31,32). The Hall–Kier alpha value is -3.00. The van der Waals surface area contributed by atoms with Crippen molar-refractivity contribution in [2.75, 3.05) is 19.7 Å². The summed E-state index contributed by atoms with van der Waals surface area (Å²) in [4.78, 5) is 25.0. The number of carbonyl (C=O) groups excluding carboxylic acids is 1. The van der Waals surface area contributed by atoms with Gasteiger partial charge in [0.05, 0.1) is 28.2 Å². The van der Waals surface area contributed by atoms with Crippen LogP contribution in [0.1, 0.15) is 74.1 Å². The molecule has 0 unspecified atom stereocenters. The molecule has 2 aliphatic heterocycles. The number of likely N-dealkylation sites (tertiary alicyclic amines) is 1. The van der Waals surface area contributed by atoms with Crippen molar-refractivity contribution in [2.45, 2.75) is 70.3 Å². The van der Waals surface area contributed by atoms with Gasteiger partial charge in [0.25, 0.3) is 0 Å². The summed E-state index contributed by atoms with van der Waals surface area (Å²) < 4.78 is 19.4. The third kappa shape index (κ3) is 6.29. The Labute approximate surface area is 222 Å². The number of carbonyl (C=O) groups is 1. The number of nitrogens with zero attached hydrogens (tertiary/aromatic N) is 3. The van der Waals surface area contributed by atoms with E-state index in [0.717, 1.165) is 51.8 Å². The maximum absolute atomic E-state index is 14.2. The number of aliphatic imine (C=N–C) groups is 1. The first-order valence-corrected chi connectivity index (χ1v) is 14.3. The molecular formula is C29H35FN4O2S.